The Hall–Kier alpha value is -0.810. The molecule has 1 aromatic carbocycles. The van der Waals surface area contributed by atoms with E-state index in [1.807, 2.05) is 0 Å². The summed E-state index contributed by atoms with van der Waals surface area (Å²) in [4.78, 5) is 10.4. The third-order valence-electron chi connectivity index (χ3n) is 1.62. The van der Waals surface area contributed by atoms with Crippen LogP contribution >= 0.6 is 0 Å². The van der Waals surface area contributed by atoms with E-state index in [4.69, 9.17) is 15.9 Å². The maximum absolute atomic E-state index is 10.4. The molecule has 0 bridgehead atoms. The Balaban J connectivity index is 0.00000169. The molecule has 0 saturated carbocycles. The van der Waals surface area contributed by atoms with Crippen molar-refractivity contribution in [3.8, 4) is 5.75 Å². The molecule has 0 amide bonds. The second-order valence-electron chi connectivity index (χ2n) is 2.72. The van der Waals surface area contributed by atoms with Gasteiger partial charge in [0.15, 0.2) is 0 Å². The van der Waals surface area contributed by atoms with Crippen LogP contribution in [0.4, 0.5) is 0 Å². The van der Waals surface area contributed by atoms with Crippen LogP contribution in [0.2, 0.25) is 0 Å². The van der Waals surface area contributed by atoms with Crippen molar-refractivity contribution in [1.29, 1.82) is 0 Å². The molecule has 14 heavy (non-hydrogen) atoms. The molecule has 1 aromatic rings. The van der Waals surface area contributed by atoms with E-state index in [2.05, 4.69) is 6.07 Å². The largest absolute Gasteiger partial charge is 1.00 e. The van der Waals surface area contributed by atoms with Crippen LogP contribution in [0.15, 0.2) is 18.2 Å². The summed E-state index contributed by atoms with van der Waals surface area (Å²) in [5.41, 5.74) is 5.98. The maximum Gasteiger partial charge on any atom is 1.00 e. The van der Waals surface area contributed by atoms with Gasteiger partial charge in [-0.15, -0.1) is 12.1 Å². The van der Waals surface area contributed by atoms with E-state index in [-0.39, 0.29) is 34.6 Å². The summed E-state index contributed by atoms with van der Waals surface area (Å²) in [6, 6.07) is 6.26. The summed E-state index contributed by atoms with van der Waals surface area (Å²) in [5, 5.41) is 17.4. The van der Waals surface area contributed by atoms with E-state index < -0.39 is 12.0 Å². The average Bonchev–Trinajstić information content (AvgIpc) is 2.08. The Morgan fingerprint density at radius 1 is 1.57 bits per heavy atom. The molecule has 4 N–H and O–H groups in total. The zero-order valence-electron chi connectivity index (χ0n) is 7.20. The van der Waals surface area contributed by atoms with Crippen molar-refractivity contribution in [2.45, 2.75) is 12.5 Å². The summed E-state index contributed by atoms with van der Waals surface area (Å²) < 4.78 is 0. The molecule has 5 heteroatoms. The van der Waals surface area contributed by atoms with Crippen LogP contribution in [-0.2, 0) is 33.6 Å². The van der Waals surface area contributed by atoms with Crippen molar-refractivity contribution in [1.82, 2.24) is 0 Å². The number of phenols is 1. The fourth-order valence-electron chi connectivity index (χ4n) is 0.900. The van der Waals surface area contributed by atoms with Gasteiger partial charge in [0.1, 0.15) is 6.04 Å². The first-order valence-electron chi connectivity index (χ1n) is 3.77. The van der Waals surface area contributed by atoms with E-state index in [0.29, 0.717) is 5.56 Å². The molecule has 0 unspecified atom stereocenters. The number of aromatic hydroxyl groups is 1. The molecule has 80 valence electrons. The summed E-state index contributed by atoms with van der Waals surface area (Å²) in [6.45, 7) is 0. The Labute approximate surface area is 97.2 Å². The fourth-order valence-corrected chi connectivity index (χ4v) is 0.900. The van der Waals surface area contributed by atoms with Gasteiger partial charge in [-0.3, -0.25) is 4.79 Å². The zero-order valence-corrected chi connectivity index (χ0v) is 9.36. The van der Waals surface area contributed by atoms with E-state index in [1.165, 1.54) is 12.1 Å². The molecule has 1 rings (SSSR count). The summed E-state index contributed by atoms with van der Waals surface area (Å²) in [5.74, 6) is -0.936. The van der Waals surface area contributed by atoms with Crippen LogP contribution in [0.3, 0.4) is 0 Å². The van der Waals surface area contributed by atoms with Gasteiger partial charge in [0.2, 0.25) is 0 Å². The summed E-state index contributed by atoms with van der Waals surface area (Å²) in [6.07, 6.45) is 0.218. The number of aliphatic carboxylic acids is 1. The summed E-state index contributed by atoms with van der Waals surface area (Å²) in [7, 11) is 0. The van der Waals surface area contributed by atoms with Gasteiger partial charge in [0.05, 0.1) is 0 Å². The van der Waals surface area contributed by atoms with Crippen molar-refractivity contribution in [3.63, 3.8) is 0 Å². The minimum absolute atomic E-state index is 0. The third kappa shape index (κ3) is 3.93. The number of nitrogens with two attached hydrogens (primary N) is 1. The van der Waals surface area contributed by atoms with Crippen LogP contribution in [0.25, 0.3) is 0 Å². The predicted octanol–water partition coefficient (Wildman–Crippen LogP) is 0.144. The molecular formula is C9H10AuNO3. The second kappa shape index (κ2) is 5.82. The van der Waals surface area contributed by atoms with Gasteiger partial charge in [0, 0.05) is 5.75 Å². The first kappa shape index (κ1) is 13.2. The van der Waals surface area contributed by atoms with Gasteiger partial charge in [-0.1, -0.05) is 0 Å². The van der Waals surface area contributed by atoms with E-state index >= 15 is 0 Å². The second-order valence-corrected chi connectivity index (χ2v) is 2.72. The van der Waals surface area contributed by atoms with Gasteiger partial charge in [-0.05, 0) is 6.42 Å². The first-order valence-corrected chi connectivity index (χ1v) is 3.77. The molecule has 1 atom stereocenters. The molecule has 0 aliphatic carbocycles. The van der Waals surface area contributed by atoms with Crippen molar-refractivity contribution >= 4 is 5.97 Å². The molecular weight excluding hydrogens is 367 g/mol. The quantitative estimate of drug-likeness (QED) is 0.517. The number of carboxylic acid groups (broad SMARTS) is 1. The Morgan fingerprint density at radius 2 is 2.21 bits per heavy atom. The van der Waals surface area contributed by atoms with E-state index in [9.17, 15) is 4.79 Å². The molecule has 0 saturated heterocycles. The minimum atomic E-state index is -1.04. The Kier molecular flexibility index (Phi) is 5.49. The van der Waals surface area contributed by atoms with Gasteiger partial charge in [-0.25, -0.2) is 0 Å². The molecule has 0 fully saturated rings. The molecule has 0 aromatic heterocycles. The number of hydrogen-bond acceptors (Lipinski definition) is 3. The normalized spacial score (nSPS) is 11.5. The Morgan fingerprint density at radius 3 is 2.64 bits per heavy atom. The first-order chi connectivity index (χ1) is 6.09. The number of phenolic OH excluding ortho intramolecular Hbond substituents is 1. The zero-order chi connectivity index (χ0) is 9.84. The number of hydrogen-bond donors (Lipinski definition) is 3. The van der Waals surface area contributed by atoms with Gasteiger partial charge in [0.25, 0.3) is 0 Å². The number of rotatable bonds is 3. The maximum atomic E-state index is 10.4. The van der Waals surface area contributed by atoms with Crippen molar-refractivity contribution in [2.75, 3.05) is 0 Å². The number of carboxylic acids is 1. The molecule has 4 nitrogen and oxygen atoms in total. The third-order valence-corrected chi connectivity index (χ3v) is 1.62. The monoisotopic (exact) mass is 377 g/mol. The molecule has 0 spiro atoms. The smallest absolute Gasteiger partial charge is 0.566 e. The van der Waals surface area contributed by atoms with Crippen molar-refractivity contribution in [3.05, 3.63) is 29.8 Å². The van der Waals surface area contributed by atoms with Gasteiger partial charge >= 0.3 is 28.3 Å². The fraction of sp³-hybridized carbons (Fsp3) is 0.222. The van der Waals surface area contributed by atoms with E-state index in [0.717, 1.165) is 0 Å². The predicted molar refractivity (Wildman–Crippen MR) is 46.3 cm³/mol. The molecule has 0 aliphatic heterocycles. The average molecular weight is 377 g/mol. The number of benzene rings is 1. The molecule has 0 aliphatic rings. The summed E-state index contributed by atoms with van der Waals surface area (Å²) >= 11 is 0. The van der Waals surface area contributed by atoms with E-state index in [1.54, 1.807) is 6.07 Å². The minimum Gasteiger partial charge on any atom is -0.566 e. The number of carbonyl (C=O) groups is 1. The van der Waals surface area contributed by atoms with Crippen LogP contribution in [0.5, 0.6) is 5.75 Å². The molecule has 0 heterocycles. The van der Waals surface area contributed by atoms with Crippen LogP contribution < -0.4 is 5.73 Å². The van der Waals surface area contributed by atoms with Gasteiger partial charge < -0.3 is 15.9 Å². The standard InChI is InChI=1S/C9H10NO3.Au/c10-8(9(12)13)5-6-1-3-7(11)4-2-6;/h1,3-4,8,11H,5,10H2,(H,12,13);/q-1;+1/t8-;/m0./s1. The van der Waals surface area contributed by atoms with Crippen molar-refractivity contribution in [2.24, 2.45) is 5.73 Å². The van der Waals surface area contributed by atoms with Crippen LogP contribution in [-0.4, -0.2) is 22.2 Å². The van der Waals surface area contributed by atoms with Crippen molar-refractivity contribution < 1.29 is 37.4 Å². The SMILES string of the molecule is N[C@@H](Cc1[c-]cc(O)cc1)C(=O)O.[Au+]. The van der Waals surface area contributed by atoms with Gasteiger partial charge in [-0.2, -0.15) is 17.7 Å². The topological polar surface area (TPSA) is 83.5 Å². The Bertz CT molecular complexity index is 299. The van der Waals surface area contributed by atoms with Crippen LogP contribution in [0, 0.1) is 6.07 Å². The van der Waals surface area contributed by atoms with Crippen LogP contribution in [0.1, 0.15) is 5.56 Å². The molecule has 0 radical (unpaired) electrons.